The second-order valence-electron chi connectivity index (χ2n) is 5.20. The van der Waals surface area contributed by atoms with E-state index in [2.05, 4.69) is 33.9 Å². The van der Waals surface area contributed by atoms with Crippen LogP contribution in [0.1, 0.15) is 30.8 Å². The van der Waals surface area contributed by atoms with E-state index in [1.54, 1.807) is 0 Å². The first kappa shape index (κ1) is 13.9. The van der Waals surface area contributed by atoms with Crippen LogP contribution >= 0.6 is 0 Å². The zero-order valence-electron chi connectivity index (χ0n) is 12.5. The first-order chi connectivity index (χ1) is 10.3. The Morgan fingerprint density at radius 1 is 1.33 bits per heavy atom. The Bertz CT molecular complexity index is 609. The predicted molar refractivity (Wildman–Crippen MR) is 80.6 cm³/mol. The van der Waals surface area contributed by atoms with Gasteiger partial charge in [-0.05, 0) is 31.2 Å². The monoisotopic (exact) mass is 287 g/mol. The van der Waals surface area contributed by atoms with Gasteiger partial charge in [-0.15, -0.1) is 0 Å². The summed E-state index contributed by atoms with van der Waals surface area (Å²) in [6.07, 6.45) is 6.02. The first-order valence-electron chi connectivity index (χ1n) is 7.38. The van der Waals surface area contributed by atoms with Gasteiger partial charge in [-0.3, -0.25) is 0 Å². The Morgan fingerprint density at radius 2 is 2.19 bits per heavy atom. The molecule has 0 saturated heterocycles. The van der Waals surface area contributed by atoms with Gasteiger partial charge in [0.2, 0.25) is 6.79 Å². The van der Waals surface area contributed by atoms with Crippen molar-refractivity contribution in [3.05, 3.63) is 42.0 Å². The number of imidazole rings is 1. The molecule has 2 heterocycles. The molecule has 3 rings (SSSR count). The second-order valence-corrected chi connectivity index (χ2v) is 5.20. The molecule has 1 aliphatic rings. The summed E-state index contributed by atoms with van der Waals surface area (Å²) in [5, 5.41) is 3.37. The Kier molecular flexibility index (Phi) is 4.10. The molecule has 0 amide bonds. The maximum absolute atomic E-state index is 5.46. The molecule has 1 N–H and O–H groups in total. The average molecular weight is 287 g/mol. The molecule has 0 radical (unpaired) electrons. The van der Waals surface area contributed by atoms with Crippen LogP contribution < -0.4 is 14.8 Å². The molecule has 1 unspecified atom stereocenters. The van der Waals surface area contributed by atoms with Gasteiger partial charge >= 0.3 is 0 Å². The van der Waals surface area contributed by atoms with Crippen molar-refractivity contribution in [2.45, 2.75) is 32.4 Å². The summed E-state index contributed by atoms with van der Waals surface area (Å²) >= 11 is 0. The summed E-state index contributed by atoms with van der Waals surface area (Å²) in [7, 11) is 1.98. The lowest BCUT2D eigenvalue weighted by molar-refractivity contribution is 0.174. The molecule has 1 aromatic heterocycles. The van der Waals surface area contributed by atoms with Gasteiger partial charge < -0.3 is 19.4 Å². The van der Waals surface area contributed by atoms with Crippen LogP contribution in [0.25, 0.3) is 0 Å². The number of hydrogen-bond donors (Lipinski definition) is 1. The van der Waals surface area contributed by atoms with Crippen LogP contribution in [0.5, 0.6) is 11.5 Å². The minimum atomic E-state index is 0.212. The quantitative estimate of drug-likeness (QED) is 0.887. The number of fused-ring (bicyclic) bond motifs is 1. The molecule has 21 heavy (non-hydrogen) atoms. The van der Waals surface area contributed by atoms with Gasteiger partial charge in [-0.25, -0.2) is 4.98 Å². The number of ether oxygens (including phenoxy) is 2. The minimum absolute atomic E-state index is 0.212. The summed E-state index contributed by atoms with van der Waals surface area (Å²) in [6.45, 7) is 3.34. The summed E-state index contributed by atoms with van der Waals surface area (Å²) in [6, 6.07) is 6.33. The lowest BCUT2D eigenvalue weighted by Gasteiger charge is -2.19. The molecule has 1 atom stereocenters. The van der Waals surface area contributed by atoms with Crippen LogP contribution in [0.15, 0.2) is 30.6 Å². The standard InChI is InChI=1S/C16H21N3O2/c1-3-4-16-18-7-8-19(16)10-13(17-2)12-5-6-14-15(9-12)21-11-20-14/h5-9,13,17H,3-4,10-11H2,1-2H3. The lowest BCUT2D eigenvalue weighted by Crippen LogP contribution is -2.22. The average Bonchev–Trinajstić information content (AvgIpc) is 3.13. The fourth-order valence-corrected chi connectivity index (χ4v) is 2.65. The van der Waals surface area contributed by atoms with E-state index in [0.29, 0.717) is 6.79 Å². The van der Waals surface area contributed by atoms with Gasteiger partial charge in [0.25, 0.3) is 0 Å². The van der Waals surface area contributed by atoms with Crippen LogP contribution in [0.2, 0.25) is 0 Å². The third-order valence-corrected chi connectivity index (χ3v) is 3.80. The van der Waals surface area contributed by atoms with Crippen molar-refractivity contribution in [1.29, 1.82) is 0 Å². The van der Waals surface area contributed by atoms with Crippen molar-refractivity contribution >= 4 is 0 Å². The van der Waals surface area contributed by atoms with Gasteiger partial charge in [0, 0.05) is 25.4 Å². The maximum atomic E-state index is 5.46. The smallest absolute Gasteiger partial charge is 0.231 e. The SMILES string of the molecule is CCCc1nccn1CC(NC)c1ccc2c(c1)OCO2. The molecule has 1 aromatic carbocycles. The summed E-state index contributed by atoms with van der Waals surface area (Å²) < 4.78 is 13.0. The Balaban J connectivity index is 1.80. The summed E-state index contributed by atoms with van der Waals surface area (Å²) in [5.41, 5.74) is 1.19. The van der Waals surface area contributed by atoms with Crippen LogP contribution in [0, 0.1) is 0 Å². The zero-order chi connectivity index (χ0) is 14.7. The normalized spacial score (nSPS) is 14.4. The van der Waals surface area contributed by atoms with E-state index in [-0.39, 0.29) is 6.04 Å². The van der Waals surface area contributed by atoms with E-state index in [1.165, 1.54) is 5.56 Å². The zero-order valence-corrected chi connectivity index (χ0v) is 12.5. The van der Waals surface area contributed by atoms with E-state index < -0.39 is 0 Å². The highest BCUT2D eigenvalue weighted by Crippen LogP contribution is 2.34. The van der Waals surface area contributed by atoms with Crippen molar-refractivity contribution in [2.24, 2.45) is 0 Å². The highest BCUT2D eigenvalue weighted by atomic mass is 16.7. The number of aryl methyl sites for hydroxylation is 1. The van der Waals surface area contributed by atoms with Gasteiger partial charge in [0.05, 0.1) is 6.04 Å². The molecule has 1 aliphatic heterocycles. The van der Waals surface area contributed by atoms with Crippen LogP contribution in [-0.4, -0.2) is 23.4 Å². The van der Waals surface area contributed by atoms with Gasteiger partial charge in [-0.1, -0.05) is 13.0 Å². The van der Waals surface area contributed by atoms with Crippen LogP contribution in [0.3, 0.4) is 0 Å². The number of nitrogens with zero attached hydrogens (tertiary/aromatic N) is 2. The minimum Gasteiger partial charge on any atom is -0.454 e. The van der Waals surface area contributed by atoms with E-state index in [9.17, 15) is 0 Å². The maximum Gasteiger partial charge on any atom is 0.231 e. The number of hydrogen-bond acceptors (Lipinski definition) is 4. The van der Waals surface area contributed by atoms with Crippen molar-refractivity contribution in [2.75, 3.05) is 13.8 Å². The lowest BCUT2D eigenvalue weighted by atomic mass is 10.1. The predicted octanol–water partition coefficient (Wildman–Crippen LogP) is 2.53. The number of nitrogens with one attached hydrogen (secondary N) is 1. The van der Waals surface area contributed by atoms with Crippen molar-refractivity contribution in [1.82, 2.24) is 14.9 Å². The summed E-state index contributed by atoms with van der Waals surface area (Å²) in [5.74, 6) is 2.79. The summed E-state index contributed by atoms with van der Waals surface area (Å²) in [4.78, 5) is 4.44. The molecule has 5 nitrogen and oxygen atoms in total. The Hall–Kier alpha value is -2.01. The second kappa shape index (κ2) is 6.18. The van der Waals surface area contributed by atoms with E-state index in [0.717, 1.165) is 36.7 Å². The third-order valence-electron chi connectivity index (χ3n) is 3.80. The number of rotatable bonds is 6. The molecule has 0 bridgehead atoms. The molecular formula is C16H21N3O2. The third kappa shape index (κ3) is 2.88. The molecule has 5 heteroatoms. The van der Waals surface area contributed by atoms with E-state index in [1.807, 2.05) is 25.5 Å². The van der Waals surface area contributed by atoms with Gasteiger partial charge in [-0.2, -0.15) is 0 Å². The van der Waals surface area contributed by atoms with E-state index in [4.69, 9.17) is 9.47 Å². The molecule has 0 aliphatic carbocycles. The highest BCUT2D eigenvalue weighted by molar-refractivity contribution is 5.45. The first-order valence-corrected chi connectivity index (χ1v) is 7.38. The fraction of sp³-hybridized carbons (Fsp3) is 0.438. The molecule has 2 aromatic rings. The van der Waals surface area contributed by atoms with E-state index >= 15 is 0 Å². The molecule has 0 saturated carbocycles. The fourth-order valence-electron chi connectivity index (χ4n) is 2.65. The molecule has 112 valence electrons. The van der Waals surface area contributed by atoms with Crippen LogP contribution in [-0.2, 0) is 13.0 Å². The van der Waals surface area contributed by atoms with Crippen molar-refractivity contribution in [3.63, 3.8) is 0 Å². The van der Waals surface area contributed by atoms with Crippen molar-refractivity contribution < 1.29 is 9.47 Å². The molecule has 0 fully saturated rings. The highest BCUT2D eigenvalue weighted by Gasteiger charge is 2.18. The molecular weight excluding hydrogens is 266 g/mol. The molecule has 0 spiro atoms. The Labute approximate surface area is 124 Å². The number of benzene rings is 1. The van der Waals surface area contributed by atoms with Crippen LogP contribution in [0.4, 0.5) is 0 Å². The Morgan fingerprint density at radius 3 is 3.00 bits per heavy atom. The topological polar surface area (TPSA) is 48.3 Å². The van der Waals surface area contributed by atoms with Crippen molar-refractivity contribution in [3.8, 4) is 11.5 Å². The van der Waals surface area contributed by atoms with Gasteiger partial charge in [0.1, 0.15) is 5.82 Å². The largest absolute Gasteiger partial charge is 0.454 e. The van der Waals surface area contributed by atoms with Gasteiger partial charge in [0.15, 0.2) is 11.5 Å². The number of likely N-dealkylation sites (N-methyl/N-ethyl adjacent to an activating group) is 1. The number of aromatic nitrogens is 2.